The number of tetrazole rings is 1. The van der Waals surface area contributed by atoms with Gasteiger partial charge in [0, 0.05) is 11.1 Å². The summed E-state index contributed by atoms with van der Waals surface area (Å²) in [5.74, 6) is 0.751. The van der Waals surface area contributed by atoms with Crippen molar-refractivity contribution in [1.82, 2.24) is 30.1 Å². The van der Waals surface area contributed by atoms with Gasteiger partial charge in [0.25, 0.3) is 5.56 Å². The van der Waals surface area contributed by atoms with E-state index in [2.05, 4.69) is 59.2 Å². The molecule has 0 bridgehead atoms. The molecule has 30 heavy (non-hydrogen) atoms. The third-order valence-corrected chi connectivity index (χ3v) is 6.51. The number of hydrogen-bond acceptors (Lipinski definition) is 5. The molecule has 7 nitrogen and oxygen atoms in total. The molecule has 1 saturated heterocycles. The highest BCUT2D eigenvalue weighted by molar-refractivity contribution is 5.79. The third-order valence-electron chi connectivity index (χ3n) is 6.51. The summed E-state index contributed by atoms with van der Waals surface area (Å²) < 4.78 is 1.92. The second-order valence-corrected chi connectivity index (χ2v) is 9.11. The molecule has 0 spiro atoms. The Kier molecular flexibility index (Phi) is 5.73. The first kappa shape index (κ1) is 20.7. The van der Waals surface area contributed by atoms with Crippen LogP contribution in [0.4, 0.5) is 0 Å². The number of aromatic nitrogens is 5. The Morgan fingerprint density at radius 2 is 1.87 bits per heavy atom. The number of aromatic amines is 1. The first-order valence-corrected chi connectivity index (χ1v) is 11.1. The lowest BCUT2D eigenvalue weighted by molar-refractivity contribution is 0.202. The lowest BCUT2D eigenvalue weighted by Gasteiger charge is -2.32. The minimum absolute atomic E-state index is 0.0653. The minimum atomic E-state index is -0.266. The standard InChI is InChI=1S/C23H32N6O/c1-5-23(3,4)29-21(25-26-27-29)20(28-12-8-6-7-9-13-28)18-15-17-14-16(2)10-11-19(17)24-22(18)30/h10-11,14-15,20H,5-9,12-13H2,1-4H3,(H,24,30)/t20-/m1/s1. The third kappa shape index (κ3) is 3.90. The van der Waals surface area contributed by atoms with Gasteiger partial charge in [0.15, 0.2) is 5.82 Å². The average molecular weight is 409 g/mol. The summed E-state index contributed by atoms with van der Waals surface area (Å²) in [5.41, 5.74) is 2.45. The molecule has 7 heteroatoms. The molecule has 0 amide bonds. The molecule has 3 heterocycles. The quantitative estimate of drug-likeness (QED) is 0.692. The Hall–Kier alpha value is -2.54. The van der Waals surface area contributed by atoms with Crippen molar-refractivity contribution in [2.24, 2.45) is 0 Å². The van der Waals surface area contributed by atoms with E-state index in [1.165, 1.54) is 18.4 Å². The zero-order valence-corrected chi connectivity index (χ0v) is 18.5. The van der Waals surface area contributed by atoms with Gasteiger partial charge in [-0.1, -0.05) is 31.4 Å². The second kappa shape index (κ2) is 8.30. The van der Waals surface area contributed by atoms with Crippen molar-refractivity contribution in [1.29, 1.82) is 0 Å². The van der Waals surface area contributed by atoms with Gasteiger partial charge >= 0.3 is 0 Å². The fourth-order valence-electron chi connectivity index (χ4n) is 4.34. The van der Waals surface area contributed by atoms with Crippen LogP contribution in [0.3, 0.4) is 0 Å². The number of nitrogens with zero attached hydrogens (tertiary/aromatic N) is 5. The molecule has 1 aromatic carbocycles. The Labute approximate surface area is 177 Å². The van der Waals surface area contributed by atoms with Crippen LogP contribution in [0.25, 0.3) is 10.9 Å². The van der Waals surface area contributed by atoms with Gasteiger partial charge in [0.2, 0.25) is 0 Å². The zero-order chi connectivity index (χ0) is 21.3. The topological polar surface area (TPSA) is 79.7 Å². The highest BCUT2D eigenvalue weighted by Gasteiger charge is 2.34. The van der Waals surface area contributed by atoms with Crippen LogP contribution >= 0.6 is 0 Å². The van der Waals surface area contributed by atoms with Crippen molar-refractivity contribution in [2.75, 3.05) is 13.1 Å². The summed E-state index contributed by atoms with van der Waals surface area (Å²) in [6.45, 7) is 10.4. The summed E-state index contributed by atoms with van der Waals surface area (Å²) in [6, 6.07) is 7.88. The van der Waals surface area contributed by atoms with Gasteiger partial charge in [0.05, 0.1) is 5.54 Å². The van der Waals surface area contributed by atoms with E-state index in [-0.39, 0.29) is 17.1 Å². The van der Waals surface area contributed by atoms with Gasteiger partial charge in [-0.3, -0.25) is 9.69 Å². The molecular formula is C23H32N6O. The van der Waals surface area contributed by atoms with Crippen LogP contribution < -0.4 is 5.56 Å². The number of benzene rings is 1. The predicted molar refractivity (Wildman–Crippen MR) is 119 cm³/mol. The molecule has 1 N–H and O–H groups in total. The van der Waals surface area contributed by atoms with E-state index < -0.39 is 0 Å². The normalized spacial score (nSPS) is 17.2. The van der Waals surface area contributed by atoms with Gasteiger partial charge in [-0.25, -0.2) is 4.68 Å². The monoisotopic (exact) mass is 408 g/mol. The number of rotatable bonds is 5. The largest absolute Gasteiger partial charge is 0.322 e. The zero-order valence-electron chi connectivity index (χ0n) is 18.5. The van der Waals surface area contributed by atoms with Crippen LogP contribution in [0, 0.1) is 6.92 Å². The van der Waals surface area contributed by atoms with Crippen molar-refractivity contribution < 1.29 is 0 Å². The van der Waals surface area contributed by atoms with Crippen LogP contribution in [-0.4, -0.2) is 43.2 Å². The van der Waals surface area contributed by atoms with E-state index in [9.17, 15) is 4.79 Å². The fourth-order valence-corrected chi connectivity index (χ4v) is 4.34. The summed E-state index contributed by atoms with van der Waals surface area (Å²) in [4.78, 5) is 18.7. The maximum absolute atomic E-state index is 13.3. The molecule has 1 atom stereocenters. The highest BCUT2D eigenvalue weighted by Crippen LogP contribution is 2.32. The fraction of sp³-hybridized carbons (Fsp3) is 0.565. The average Bonchev–Trinajstić information content (AvgIpc) is 3.06. The molecule has 4 rings (SSSR count). The molecule has 1 aliphatic rings. The van der Waals surface area contributed by atoms with Crippen LogP contribution in [0.15, 0.2) is 29.1 Å². The van der Waals surface area contributed by atoms with E-state index >= 15 is 0 Å². The van der Waals surface area contributed by atoms with Gasteiger partial charge in [-0.2, -0.15) is 0 Å². The summed E-state index contributed by atoms with van der Waals surface area (Å²) in [5, 5.41) is 13.9. The van der Waals surface area contributed by atoms with Crippen molar-refractivity contribution >= 4 is 10.9 Å². The predicted octanol–water partition coefficient (Wildman–Crippen LogP) is 3.93. The molecule has 1 fully saturated rings. The Bertz CT molecular complexity index is 1070. The van der Waals surface area contributed by atoms with Crippen LogP contribution in [0.2, 0.25) is 0 Å². The van der Waals surface area contributed by atoms with Crippen LogP contribution in [0.5, 0.6) is 0 Å². The number of fused-ring (bicyclic) bond motifs is 1. The summed E-state index contributed by atoms with van der Waals surface area (Å²) in [6.07, 6.45) is 5.59. The van der Waals surface area contributed by atoms with Crippen molar-refractivity contribution in [2.45, 2.75) is 71.4 Å². The number of pyridine rings is 1. The molecule has 3 aromatic rings. The van der Waals surface area contributed by atoms with Crippen LogP contribution in [0.1, 0.15) is 75.9 Å². The summed E-state index contributed by atoms with van der Waals surface area (Å²) >= 11 is 0. The molecule has 0 unspecified atom stereocenters. The molecular weight excluding hydrogens is 376 g/mol. The number of H-pyrrole nitrogens is 1. The van der Waals surface area contributed by atoms with Crippen molar-refractivity contribution in [3.63, 3.8) is 0 Å². The number of likely N-dealkylation sites (tertiary alicyclic amines) is 1. The van der Waals surface area contributed by atoms with E-state index in [1.54, 1.807) is 0 Å². The van der Waals surface area contributed by atoms with Crippen molar-refractivity contribution in [3.8, 4) is 0 Å². The molecule has 0 saturated carbocycles. The number of hydrogen-bond donors (Lipinski definition) is 1. The maximum Gasteiger partial charge on any atom is 0.253 e. The minimum Gasteiger partial charge on any atom is -0.322 e. The molecule has 0 aliphatic carbocycles. The molecule has 1 aliphatic heterocycles. The highest BCUT2D eigenvalue weighted by atomic mass is 16.1. The molecule has 2 aromatic heterocycles. The molecule has 0 radical (unpaired) electrons. The van der Waals surface area contributed by atoms with Crippen molar-refractivity contribution in [3.05, 3.63) is 51.6 Å². The molecule has 160 valence electrons. The first-order chi connectivity index (χ1) is 14.4. The smallest absolute Gasteiger partial charge is 0.253 e. The van der Waals surface area contributed by atoms with Gasteiger partial charge in [0.1, 0.15) is 6.04 Å². The lowest BCUT2D eigenvalue weighted by atomic mass is 9.99. The number of nitrogens with one attached hydrogen (secondary N) is 1. The Morgan fingerprint density at radius 1 is 1.13 bits per heavy atom. The lowest BCUT2D eigenvalue weighted by Crippen LogP contribution is -2.38. The van der Waals surface area contributed by atoms with Gasteiger partial charge < -0.3 is 4.98 Å². The second-order valence-electron chi connectivity index (χ2n) is 9.11. The van der Waals surface area contributed by atoms with Gasteiger partial charge in [-0.15, -0.1) is 5.10 Å². The maximum atomic E-state index is 13.3. The van der Waals surface area contributed by atoms with E-state index in [4.69, 9.17) is 0 Å². The Morgan fingerprint density at radius 3 is 2.57 bits per heavy atom. The van der Waals surface area contributed by atoms with E-state index in [1.807, 2.05) is 22.9 Å². The summed E-state index contributed by atoms with van der Waals surface area (Å²) in [7, 11) is 0. The SMILES string of the molecule is CCC(C)(C)n1nnnc1[C@@H](c1cc2cc(C)ccc2[nH]c1=O)N1CCCCCC1. The Balaban J connectivity index is 1.91. The van der Waals surface area contributed by atoms with E-state index in [0.717, 1.165) is 54.6 Å². The van der Waals surface area contributed by atoms with Crippen LogP contribution in [-0.2, 0) is 5.54 Å². The number of aryl methyl sites for hydroxylation is 1. The first-order valence-electron chi connectivity index (χ1n) is 11.1. The van der Waals surface area contributed by atoms with E-state index in [0.29, 0.717) is 0 Å². The van der Waals surface area contributed by atoms with Gasteiger partial charge in [-0.05, 0) is 87.1 Å².